The Kier molecular flexibility index (Phi) is 9.24. The fraction of sp³-hybridized carbons (Fsp3) is 0.150. The number of para-hydroxylation sites is 2. The quantitative estimate of drug-likeness (QED) is 0.241. The molecule has 0 spiro atoms. The molecular weight excluding hydrogens is 485 g/mol. The normalized spacial score (nSPS) is 14.3. The van der Waals surface area contributed by atoms with E-state index in [2.05, 4.69) is 15.0 Å². The summed E-state index contributed by atoms with van der Waals surface area (Å²) in [5.41, 5.74) is 0.810. The van der Waals surface area contributed by atoms with Crippen LogP contribution in [-0.4, -0.2) is 17.1 Å². The molecule has 0 amide bonds. The van der Waals surface area contributed by atoms with Crippen molar-refractivity contribution in [3.05, 3.63) is 71.4 Å². The summed E-state index contributed by atoms with van der Waals surface area (Å²) in [7, 11) is 9.53. The van der Waals surface area contributed by atoms with Gasteiger partial charge in [0, 0.05) is 6.42 Å². The maximum atomic E-state index is 13.7. The van der Waals surface area contributed by atoms with Crippen LogP contribution in [0.25, 0.3) is 0 Å². The van der Waals surface area contributed by atoms with Crippen molar-refractivity contribution in [2.45, 2.75) is 20.3 Å². The Labute approximate surface area is 185 Å². The minimum absolute atomic E-state index is 0.194. The monoisotopic (exact) mass is 499 g/mol. The summed E-state index contributed by atoms with van der Waals surface area (Å²) in [5.74, 6) is -3.09. The van der Waals surface area contributed by atoms with E-state index >= 15 is 0 Å². The van der Waals surface area contributed by atoms with E-state index in [0.717, 1.165) is 24.3 Å². The van der Waals surface area contributed by atoms with Crippen LogP contribution in [0.4, 0.5) is 28.9 Å². The van der Waals surface area contributed by atoms with Crippen LogP contribution in [0, 0.1) is 23.3 Å². The van der Waals surface area contributed by atoms with Crippen LogP contribution in [0.3, 0.4) is 0 Å². The topological polar surface area (TPSA) is 37.1 Å². The molecule has 2 aromatic rings. The molecule has 0 bridgehead atoms. The van der Waals surface area contributed by atoms with E-state index in [4.69, 9.17) is 20.2 Å². The molecule has 1 aliphatic rings. The molecule has 0 unspecified atom stereocenters. The zero-order valence-corrected chi connectivity index (χ0v) is 18.3. The third-order valence-electron chi connectivity index (χ3n) is 3.97. The van der Waals surface area contributed by atoms with E-state index in [0.29, 0.717) is 29.3 Å². The first kappa shape index (κ1) is 24.3. The van der Waals surface area contributed by atoms with Crippen LogP contribution in [0.2, 0.25) is 0 Å². The van der Waals surface area contributed by atoms with E-state index in [9.17, 15) is 17.6 Å². The van der Waals surface area contributed by atoms with Crippen LogP contribution in [-0.2, 0) is 13.1 Å². The van der Waals surface area contributed by atoms with Crippen molar-refractivity contribution in [2.24, 2.45) is 15.0 Å². The van der Waals surface area contributed by atoms with E-state index < -0.39 is 29.0 Å². The average Bonchev–Trinajstić information content (AvgIpc) is 3.19. The van der Waals surface area contributed by atoms with Gasteiger partial charge in [0.15, 0.2) is 23.3 Å². The SMILES string of the molecule is CC(=Nc1c(F)cccc1F)C1=CCC(C(C)=Nc2c(F)cccc2F)=N1.[Cl][Fe][Cl]. The van der Waals surface area contributed by atoms with Crippen molar-refractivity contribution in [3.63, 3.8) is 0 Å². The number of allylic oxidation sites excluding steroid dienone is 2. The van der Waals surface area contributed by atoms with Crippen LogP contribution < -0.4 is 0 Å². The Balaban J connectivity index is 0.00000101. The number of hydrogen-bond acceptors (Lipinski definition) is 3. The molecule has 2 aromatic carbocycles. The Morgan fingerprint density at radius 3 is 1.67 bits per heavy atom. The maximum absolute atomic E-state index is 13.7. The molecule has 1 heterocycles. The first-order chi connectivity index (χ1) is 14.3. The number of aliphatic imine (C=N–C) groups is 3. The number of hydrogen-bond donors (Lipinski definition) is 0. The molecule has 3 nitrogen and oxygen atoms in total. The van der Waals surface area contributed by atoms with Gasteiger partial charge in [-0.2, -0.15) is 0 Å². The van der Waals surface area contributed by atoms with E-state index in [1.165, 1.54) is 12.1 Å². The Bertz CT molecular complexity index is 1010. The predicted octanol–water partition coefficient (Wildman–Crippen LogP) is 7.23. The number of nitrogens with zero attached hydrogens (tertiary/aromatic N) is 3. The minimum atomic E-state index is -0.773. The van der Waals surface area contributed by atoms with Crippen molar-refractivity contribution in [2.75, 3.05) is 0 Å². The summed E-state index contributed by atoms with van der Waals surface area (Å²) in [6, 6.07) is 6.99. The van der Waals surface area contributed by atoms with Gasteiger partial charge in [0.2, 0.25) is 0 Å². The Hall–Kier alpha value is -1.99. The molecule has 30 heavy (non-hydrogen) atoms. The summed E-state index contributed by atoms with van der Waals surface area (Å²) in [5, 5.41) is 0. The summed E-state index contributed by atoms with van der Waals surface area (Å²) >= 11 is 0.194. The predicted molar refractivity (Wildman–Crippen MR) is 110 cm³/mol. The third kappa shape index (κ3) is 6.25. The van der Waals surface area contributed by atoms with Gasteiger partial charge < -0.3 is 0 Å². The summed E-state index contributed by atoms with van der Waals surface area (Å²) in [6.45, 7) is 3.16. The molecule has 10 heteroatoms. The third-order valence-corrected chi connectivity index (χ3v) is 3.97. The second-order valence-electron chi connectivity index (χ2n) is 5.94. The van der Waals surface area contributed by atoms with E-state index in [-0.39, 0.29) is 18.8 Å². The van der Waals surface area contributed by atoms with Gasteiger partial charge in [-0.15, -0.1) is 0 Å². The van der Waals surface area contributed by atoms with Crippen LogP contribution in [0.1, 0.15) is 20.3 Å². The molecule has 0 aliphatic carbocycles. The molecule has 1 aliphatic heterocycles. The van der Waals surface area contributed by atoms with Gasteiger partial charge in [-0.25, -0.2) is 32.5 Å². The van der Waals surface area contributed by atoms with Crippen molar-refractivity contribution >= 4 is 48.7 Å². The summed E-state index contributed by atoms with van der Waals surface area (Å²) in [6.07, 6.45) is 2.08. The van der Waals surface area contributed by atoms with Crippen molar-refractivity contribution in [1.82, 2.24) is 0 Å². The van der Waals surface area contributed by atoms with Crippen molar-refractivity contribution in [3.8, 4) is 0 Å². The molecule has 0 saturated carbocycles. The zero-order chi connectivity index (χ0) is 22.3. The van der Waals surface area contributed by atoms with Gasteiger partial charge in [0.25, 0.3) is 0 Å². The number of rotatable bonds is 4. The van der Waals surface area contributed by atoms with Crippen LogP contribution in [0.5, 0.6) is 0 Å². The Morgan fingerprint density at radius 1 is 0.833 bits per heavy atom. The molecule has 0 radical (unpaired) electrons. The van der Waals surface area contributed by atoms with Gasteiger partial charge in [0.1, 0.15) is 11.4 Å². The summed E-state index contributed by atoms with van der Waals surface area (Å²) < 4.78 is 54.9. The van der Waals surface area contributed by atoms with Crippen LogP contribution in [0.15, 0.2) is 63.1 Å². The van der Waals surface area contributed by atoms with Crippen molar-refractivity contribution < 1.29 is 30.7 Å². The molecule has 0 saturated heterocycles. The molecular formula is C20H15Cl2F4FeN3. The molecule has 0 N–H and O–H groups in total. The van der Waals surface area contributed by atoms with Gasteiger partial charge in [-0.3, -0.25) is 0 Å². The molecule has 0 aromatic heterocycles. The molecule has 0 fully saturated rings. The van der Waals surface area contributed by atoms with E-state index in [1.54, 1.807) is 19.9 Å². The number of benzene rings is 2. The zero-order valence-electron chi connectivity index (χ0n) is 15.7. The first-order valence-electron chi connectivity index (χ1n) is 8.40. The van der Waals surface area contributed by atoms with Crippen molar-refractivity contribution in [1.29, 1.82) is 0 Å². The second kappa shape index (κ2) is 11.4. The van der Waals surface area contributed by atoms with Gasteiger partial charge in [-0.1, -0.05) is 18.2 Å². The first-order valence-corrected chi connectivity index (χ1v) is 11.4. The summed E-state index contributed by atoms with van der Waals surface area (Å²) in [4.78, 5) is 12.3. The van der Waals surface area contributed by atoms with Gasteiger partial charge in [-0.05, 0) is 38.1 Å². The molecule has 0 atom stereocenters. The fourth-order valence-corrected chi connectivity index (χ4v) is 2.54. The Morgan fingerprint density at radius 2 is 1.23 bits per heavy atom. The standard InChI is InChI=1S/C20H15F4N3.2ClH.Fe/c1-11(25-19-13(21)5-3-6-14(19)22)17-9-10-18(27-17)12(2)26-20-15(23)7-4-8-16(20)24;;;/h3-9H,10H2,1-2H3;2*1H;/q;;;+2/p-2. The van der Waals surface area contributed by atoms with Crippen LogP contribution >= 0.6 is 20.2 Å². The number of halogens is 6. The average molecular weight is 500 g/mol. The molecule has 3 rings (SSSR count). The van der Waals surface area contributed by atoms with Gasteiger partial charge in [0.05, 0.1) is 22.8 Å². The molecule has 160 valence electrons. The fourth-order valence-electron chi connectivity index (χ4n) is 2.54. The van der Waals surface area contributed by atoms with Gasteiger partial charge >= 0.3 is 33.3 Å². The second-order valence-corrected chi connectivity index (χ2v) is 7.76. The van der Waals surface area contributed by atoms with E-state index in [1.807, 2.05) is 0 Å².